The fourth-order valence-electron chi connectivity index (χ4n) is 2.63. The Labute approximate surface area is 153 Å². The van der Waals surface area contributed by atoms with Crippen LogP contribution < -0.4 is 4.74 Å². The number of nitrogens with one attached hydrogen (secondary N) is 1. The van der Waals surface area contributed by atoms with Crippen LogP contribution in [0.2, 0.25) is 0 Å². The number of aromatic amines is 1. The van der Waals surface area contributed by atoms with Crippen molar-refractivity contribution in [2.45, 2.75) is 20.8 Å². The summed E-state index contributed by atoms with van der Waals surface area (Å²) >= 11 is 3.27. The van der Waals surface area contributed by atoms with Crippen LogP contribution in [0, 0.1) is 13.8 Å². The SMILES string of the molecule is COc1ccc(Br)c(C(=O)OCC(=O)c2[nH]c(C)c(C(C)=O)c2C)c1. The van der Waals surface area contributed by atoms with Crippen LogP contribution in [0.25, 0.3) is 0 Å². The zero-order valence-corrected chi connectivity index (χ0v) is 15.9. The summed E-state index contributed by atoms with van der Waals surface area (Å²) in [6.07, 6.45) is 0. The summed E-state index contributed by atoms with van der Waals surface area (Å²) in [6, 6.07) is 4.88. The molecule has 2 rings (SSSR count). The Balaban J connectivity index is 2.14. The van der Waals surface area contributed by atoms with Gasteiger partial charge < -0.3 is 14.5 Å². The number of aromatic nitrogens is 1. The van der Waals surface area contributed by atoms with Gasteiger partial charge in [-0.25, -0.2) is 4.79 Å². The number of methoxy groups -OCH3 is 1. The topological polar surface area (TPSA) is 85.5 Å². The minimum atomic E-state index is -0.646. The van der Waals surface area contributed by atoms with E-state index in [1.54, 1.807) is 26.0 Å². The van der Waals surface area contributed by atoms with Crippen molar-refractivity contribution >= 4 is 33.5 Å². The highest BCUT2D eigenvalue weighted by Gasteiger charge is 2.21. The van der Waals surface area contributed by atoms with Crippen molar-refractivity contribution in [3.05, 3.63) is 50.8 Å². The molecule has 1 heterocycles. The summed E-state index contributed by atoms with van der Waals surface area (Å²) in [5.41, 5.74) is 2.21. The molecule has 6 nitrogen and oxygen atoms in total. The first kappa shape index (κ1) is 18.9. The number of hydrogen-bond donors (Lipinski definition) is 1. The van der Waals surface area contributed by atoms with Gasteiger partial charge in [0.15, 0.2) is 12.4 Å². The second-order valence-electron chi connectivity index (χ2n) is 5.53. The number of rotatable bonds is 6. The third-order valence-corrected chi connectivity index (χ3v) is 4.49. The average molecular weight is 408 g/mol. The molecule has 0 aliphatic carbocycles. The molecule has 0 aliphatic heterocycles. The van der Waals surface area contributed by atoms with Gasteiger partial charge in [0.25, 0.3) is 0 Å². The maximum absolute atomic E-state index is 12.3. The van der Waals surface area contributed by atoms with E-state index in [-0.39, 0.29) is 17.0 Å². The standard InChI is InChI=1S/C18H18BrNO5/c1-9-16(11(3)21)10(2)20-17(9)15(22)8-25-18(23)13-7-12(24-4)5-6-14(13)19/h5-7,20H,8H2,1-4H3. The Bertz CT molecular complexity index is 853. The lowest BCUT2D eigenvalue weighted by atomic mass is 10.1. The molecule has 0 fully saturated rings. The third kappa shape index (κ3) is 3.99. The maximum atomic E-state index is 12.3. The van der Waals surface area contributed by atoms with E-state index < -0.39 is 18.4 Å². The lowest BCUT2D eigenvalue weighted by Gasteiger charge is -2.08. The first-order chi connectivity index (χ1) is 11.8. The predicted molar refractivity (Wildman–Crippen MR) is 95.6 cm³/mol. The highest BCUT2D eigenvalue weighted by molar-refractivity contribution is 9.10. The molecule has 132 valence electrons. The Morgan fingerprint density at radius 3 is 2.44 bits per heavy atom. The molecule has 0 unspecified atom stereocenters. The molecule has 25 heavy (non-hydrogen) atoms. The monoisotopic (exact) mass is 407 g/mol. The number of aryl methyl sites for hydroxylation is 1. The van der Waals surface area contributed by atoms with E-state index in [9.17, 15) is 14.4 Å². The van der Waals surface area contributed by atoms with Gasteiger partial charge in [-0.3, -0.25) is 9.59 Å². The molecule has 0 bridgehead atoms. The smallest absolute Gasteiger partial charge is 0.339 e. The number of benzene rings is 1. The van der Waals surface area contributed by atoms with Crippen LogP contribution in [0.3, 0.4) is 0 Å². The lowest BCUT2D eigenvalue weighted by molar-refractivity contribution is 0.0472. The Morgan fingerprint density at radius 2 is 1.88 bits per heavy atom. The van der Waals surface area contributed by atoms with E-state index in [0.29, 0.717) is 27.0 Å². The van der Waals surface area contributed by atoms with Crippen LogP contribution in [0.4, 0.5) is 0 Å². The van der Waals surface area contributed by atoms with Crippen molar-refractivity contribution in [2.75, 3.05) is 13.7 Å². The number of ether oxygens (including phenoxy) is 2. The summed E-state index contributed by atoms with van der Waals surface area (Å²) in [6.45, 7) is 4.42. The number of hydrogen-bond acceptors (Lipinski definition) is 5. The van der Waals surface area contributed by atoms with Gasteiger partial charge in [0.05, 0.1) is 18.4 Å². The number of carbonyl (C=O) groups excluding carboxylic acids is 3. The van der Waals surface area contributed by atoms with Crippen molar-refractivity contribution in [3.8, 4) is 5.75 Å². The van der Waals surface area contributed by atoms with Crippen molar-refractivity contribution in [1.82, 2.24) is 4.98 Å². The highest BCUT2D eigenvalue weighted by atomic mass is 79.9. The van der Waals surface area contributed by atoms with E-state index in [0.717, 1.165) is 0 Å². The third-order valence-electron chi connectivity index (χ3n) is 3.80. The van der Waals surface area contributed by atoms with Gasteiger partial charge in [0.1, 0.15) is 5.75 Å². The maximum Gasteiger partial charge on any atom is 0.339 e. The quantitative estimate of drug-likeness (QED) is 0.583. The first-order valence-electron chi connectivity index (χ1n) is 7.50. The van der Waals surface area contributed by atoms with Crippen molar-refractivity contribution in [3.63, 3.8) is 0 Å². The highest BCUT2D eigenvalue weighted by Crippen LogP contribution is 2.23. The largest absolute Gasteiger partial charge is 0.497 e. The van der Waals surface area contributed by atoms with Gasteiger partial charge in [0, 0.05) is 15.7 Å². The molecule has 0 aliphatic rings. The van der Waals surface area contributed by atoms with Gasteiger partial charge >= 0.3 is 5.97 Å². The summed E-state index contributed by atoms with van der Waals surface area (Å²) in [5.74, 6) is -0.668. The molecule has 7 heteroatoms. The van der Waals surface area contributed by atoms with Gasteiger partial charge in [-0.1, -0.05) is 0 Å². The normalized spacial score (nSPS) is 10.4. The van der Waals surface area contributed by atoms with E-state index in [4.69, 9.17) is 9.47 Å². The summed E-state index contributed by atoms with van der Waals surface area (Å²) in [5, 5.41) is 0. The molecule has 0 saturated carbocycles. The van der Waals surface area contributed by atoms with Gasteiger partial charge in [0.2, 0.25) is 5.78 Å². The van der Waals surface area contributed by atoms with Gasteiger partial charge in [-0.2, -0.15) is 0 Å². The summed E-state index contributed by atoms with van der Waals surface area (Å²) < 4.78 is 10.7. The van der Waals surface area contributed by atoms with Crippen LogP contribution in [0.1, 0.15) is 49.4 Å². The molecule has 1 N–H and O–H groups in total. The molecular weight excluding hydrogens is 390 g/mol. The second kappa shape index (κ2) is 7.65. The van der Waals surface area contributed by atoms with Crippen LogP contribution >= 0.6 is 15.9 Å². The van der Waals surface area contributed by atoms with Crippen LogP contribution in [0.5, 0.6) is 5.75 Å². The van der Waals surface area contributed by atoms with Gasteiger partial charge in [-0.15, -0.1) is 0 Å². The van der Waals surface area contributed by atoms with Crippen LogP contribution in [0.15, 0.2) is 22.7 Å². The zero-order valence-electron chi connectivity index (χ0n) is 14.4. The van der Waals surface area contributed by atoms with Crippen molar-refractivity contribution in [2.24, 2.45) is 0 Å². The first-order valence-corrected chi connectivity index (χ1v) is 8.29. The van der Waals surface area contributed by atoms with Crippen LogP contribution in [-0.2, 0) is 4.74 Å². The molecule has 0 radical (unpaired) electrons. The molecular formula is C18H18BrNO5. The van der Waals surface area contributed by atoms with Gasteiger partial charge in [-0.05, 0) is 60.5 Å². The fourth-order valence-corrected chi connectivity index (χ4v) is 3.03. The average Bonchev–Trinajstić information content (AvgIpc) is 2.87. The summed E-state index contributed by atoms with van der Waals surface area (Å²) in [7, 11) is 1.49. The lowest BCUT2D eigenvalue weighted by Crippen LogP contribution is -2.16. The minimum Gasteiger partial charge on any atom is -0.497 e. The van der Waals surface area contributed by atoms with E-state index in [1.165, 1.54) is 20.1 Å². The number of halogens is 1. The second-order valence-corrected chi connectivity index (χ2v) is 6.38. The number of ketones is 2. The number of Topliss-reactive ketones (excluding diaryl/α,β-unsaturated/α-hetero) is 2. The molecule has 0 amide bonds. The molecule has 2 aromatic rings. The number of H-pyrrole nitrogens is 1. The number of carbonyl (C=O) groups is 3. The Hall–Kier alpha value is -2.41. The molecule has 0 spiro atoms. The molecule has 0 saturated heterocycles. The zero-order chi connectivity index (χ0) is 18.7. The Kier molecular flexibility index (Phi) is 5.79. The predicted octanol–water partition coefficient (Wildman–Crippen LogP) is 3.64. The summed E-state index contributed by atoms with van der Waals surface area (Å²) in [4.78, 5) is 39.1. The van der Waals surface area contributed by atoms with E-state index in [1.807, 2.05) is 0 Å². The van der Waals surface area contributed by atoms with Crippen molar-refractivity contribution in [1.29, 1.82) is 0 Å². The molecule has 1 aromatic carbocycles. The van der Waals surface area contributed by atoms with Crippen molar-refractivity contribution < 1.29 is 23.9 Å². The Morgan fingerprint density at radius 1 is 1.20 bits per heavy atom. The number of esters is 1. The van der Waals surface area contributed by atoms with Crippen LogP contribution in [-0.4, -0.2) is 36.2 Å². The van der Waals surface area contributed by atoms with E-state index in [2.05, 4.69) is 20.9 Å². The fraction of sp³-hybridized carbons (Fsp3) is 0.278. The van der Waals surface area contributed by atoms with E-state index >= 15 is 0 Å². The molecule has 1 aromatic heterocycles. The molecule has 0 atom stereocenters. The minimum absolute atomic E-state index is 0.123.